The predicted molar refractivity (Wildman–Crippen MR) is 85.0 cm³/mol. The van der Waals surface area contributed by atoms with E-state index in [9.17, 15) is 4.79 Å². The van der Waals surface area contributed by atoms with Crippen LogP contribution in [0.4, 0.5) is 5.69 Å². The van der Waals surface area contributed by atoms with Crippen LogP contribution in [0, 0.1) is 13.8 Å². The Labute approximate surface area is 124 Å². The van der Waals surface area contributed by atoms with Gasteiger partial charge in [0.2, 0.25) is 5.91 Å². The Balaban J connectivity index is 2.01. The van der Waals surface area contributed by atoms with Gasteiger partial charge in [0.1, 0.15) is 0 Å². The highest BCUT2D eigenvalue weighted by atomic mass is 35.5. The van der Waals surface area contributed by atoms with Gasteiger partial charge in [-0.3, -0.25) is 4.79 Å². The second kappa shape index (κ2) is 6.40. The SMILES string of the molecule is Cc1ccc(NC(=O)C=Cc2ccc(Cl)cc2)cc1C. The Morgan fingerprint density at radius 2 is 1.75 bits per heavy atom. The van der Waals surface area contributed by atoms with Crippen molar-refractivity contribution < 1.29 is 4.79 Å². The number of halogens is 1. The largest absolute Gasteiger partial charge is 0.323 e. The van der Waals surface area contributed by atoms with E-state index >= 15 is 0 Å². The van der Waals surface area contributed by atoms with Crippen LogP contribution in [-0.4, -0.2) is 5.91 Å². The Bertz CT molecular complexity index is 645. The molecular weight excluding hydrogens is 270 g/mol. The number of amides is 1. The van der Waals surface area contributed by atoms with Crippen molar-refractivity contribution in [3.05, 3.63) is 70.3 Å². The van der Waals surface area contributed by atoms with E-state index in [0.29, 0.717) is 5.02 Å². The van der Waals surface area contributed by atoms with Crippen LogP contribution in [0.3, 0.4) is 0 Å². The van der Waals surface area contributed by atoms with Gasteiger partial charge in [-0.25, -0.2) is 0 Å². The quantitative estimate of drug-likeness (QED) is 0.820. The van der Waals surface area contributed by atoms with Gasteiger partial charge in [0.05, 0.1) is 0 Å². The molecule has 0 bridgehead atoms. The monoisotopic (exact) mass is 285 g/mol. The zero-order valence-corrected chi connectivity index (χ0v) is 12.2. The average Bonchev–Trinajstić information content (AvgIpc) is 2.42. The molecular formula is C17H16ClNO. The summed E-state index contributed by atoms with van der Waals surface area (Å²) in [6.07, 6.45) is 3.27. The molecule has 2 aromatic carbocycles. The fraction of sp³-hybridized carbons (Fsp3) is 0.118. The van der Waals surface area contributed by atoms with Crippen molar-refractivity contribution in [3.8, 4) is 0 Å². The molecule has 3 heteroatoms. The van der Waals surface area contributed by atoms with Gasteiger partial charge in [0.25, 0.3) is 0 Å². The maximum Gasteiger partial charge on any atom is 0.248 e. The van der Waals surface area contributed by atoms with Crippen LogP contribution in [0.5, 0.6) is 0 Å². The molecule has 2 rings (SSSR count). The van der Waals surface area contributed by atoms with Gasteiger partial charge in [0.15, 0.2) is 0 Å². The van der Waals surface area contributed by atoms with Crippen molar-refractivity contribution >= 4 is 29.3 Å². The summed E-state index contributed by atoms with van der Waals surface area (Å²) < 4.78 is 0. The fourth-order valence-corrected chi connectivity index (χ4v) is 1.87. The molecule has 0 spiro atoms. The number of aryl methyl sites for hydroxylation is 2. The minimum atomic E-state index is -0.150. The number of hydrogen-bond donors (Lipinski definition) is 1. The number of hydrogen-bond acceptors (Lipinski definition) is 1. The van der Waals surface area contributed by atoms with Gasteiger partial charge in [-0.1, -0.05) is 29.8 Å². The molecule has 0 aliphatic rings. The van der Waals surface area contributed by atoms with Crippen molar-refractivity contribution in [3.63, 3.8) is 0 Å². The topological polar surface area (TPSA) is 29.1 Å². The molecule has 0 aliphatic heterocycles. The second-order valence-electron chi connectivity index (χ2n) is 4.67. The number of benzene rings is 2. The lowest BCUT2D eigenvalue weighted by atomic mass is 10.1. The summed E-state index contributed by atoms with van der Waals surface area (Å²) in [5.74, 6) is -0.150. The van der Waals surface area contributed by atoms with Crippen molar-refractivity contribution in [1.29, 1.82) is 0 Å². The van der Waals surface area contributed by atoms with E-state index in [0.717, 1.165) is 16.8 Å². The van der Waals surface area contributed by atoms with E-state index in [2.05, 4.69) is 5.32 Å². The Hall–Kier alpha value is -2.06. The molecule has 0 fully saturated rings. The first-order chi connectivity index (χ1) is 9.54. The van der Waals surface area contributed by atoms with Crippen LogP contribution in [0.2, 0.25) is 5.02 Å². The average molecular weight is 286 g/mol. The van der Waals surface area contributed by atoms with Gasteiger partial charge in [-0.15, -0.1) is 0 Å². The molecule has 1 N–H and O–H groups in total. The maximum atomic E-state index is 11.8. The molecule has 0 aliphatic carbocycles. The summed E-state index contributed by atoms with van der Waals surface area (Å²) in [6, 6.07) is 13.2. The Morgan fingerprint density at radius 3 is 2.40 bits per heavy atom. The Kier molecular flexibility index (Phi) is 4.59. The lowest BCUT2D eigenvalue weighted by Gasteiger charge is -2.05. The Morgan fingerprint density at radius 1 is 1.05 bits per heavy atom. The van der Waals surface area contributed by atoms with Crippen LogP contribution in [0.1, 0.15) is 16.7 Å². The molecule has 0 heterocycles. The van der Waals surface area contributed by atoms with Crippen molar-refractivity contribution in [2.45, 2.75) is 13.8 Å². The summed E-state index contributed by atoms with van der Waals surface area (Å²) in [6.45, 7) is 4.07. The summed E-state index contributed by atoms with van der Waals surface area (Å²) in [5, 5.41) is 3.52. The summed E-state index contributed by atoms with van der Waals surface area (Å²) in [5.41, 5.74) is 4.10. The van der Waals surface area contributed by atoms with E-state index in [4.69, 9.17) is 11.6 Å². The molecule has 0 atom stereocenters. The second-order valence-corrected chi connectivity index (χ2v) is 5.11. The van der Waals surface area contributed by atoms with E-state index in [-0.39, 0.29) is 5.91 Å². The third-order valence-electron chi connectivity index (χ3n) is 3.07. The third kappa shape index (κ3) is 3.97. The van der Waals surface area contributed by atoms with Crippen LogP contribution in [0.15, 0.2) is 48.5 Å². The van der Waals surface area contributed by atoms with E-state index in [1.807, 2.05) is 44.2 Å². The predicted octanol–water partition coefficient (Wildman–Crippen LogP) is 4.61. The molecule has 0 radical (unpaired) electrons. The first-order valence-corrected chi connectivity index (χ1v) is 6.74. The van der Waals surface area contributed by atoms with Gasteiger partial charge in [-0.05, 0) is 60.9 Å². The first-order valence-electron chi connectivity index (χ1n) is 6.36. The molecule has 1 amide bonds. The van der Waals surface area contributed by atoms with Crippen LogP contribution < -0.4 is 5.32 Å². The molecule has 102 valence electrons. The normalized spacial score (nSPS) is 10.8. The smallest absolute Gasteiger partial charge is 0.248 e. The summed E-state index contributed by atoms with van der Waals surface area (Å²) in [4.78, 5) is 11.8. The van der Waals surface area contributed by atoms with Crippen LogP contribution in [0.25, 0.3) is 6.08 Å². The molecule has 2 nitrogen and oxygen atoms in total. The third-order valence-corrected chi connectivity index (χ3v) is 3.32. The van der Waals surface area contributed by atoms with Crippen molar-refractivity contribution in [1.82, 2.24) is 0 Å². The molecule has 0 unspecified atom stereocenters. The van der Waals surface area contributed by atoms with E-state index < -0.39 is 0 Å². The molecule has 2 aromatic rings. The van der Waals surface area contributed by atoms with Crippen LogP contribution >= 0.6 is 11.6 Å². The van der Waals surface area contributed by atoms with Gasteiger partial charge >= 0.3 is 0 Å². The molecule has 0 aromatic heterocycles. The van der Waals surface area contributed by atoms with Gasteiger partial charge in [-0.2, -0.15) is 0 Å². The van der Waals surface area contributed by atoms with Gasteiger partial charge < -0.3 is 5.32 Å². The fourth-order valence-electron chi connectivity index (χ4n) is 1.75. The lowest BCUT2D eigenvalue weighted by molar-refractivity contribution is -0.111. The lowest BCUT2D eigenvalue weighted by Crippen LogP contribution is -2.07. The maximum absolute atomic E-state index is 11.8. The molecule has 20 heavy (non-hydrogen) atoms. The van der Waals surface area contributed by atoms with Crippen molar-refractivity contribution in [2.75, 3.05) is 5.32 Å². The van der Waals surface area contributed by atoms with Gasteiger partial charge in [0, 0.05) is 16.8 Å². The van der Waals surface area contributed by atoms with Crippen molar-refractivity contribution in [2.24, 2.45) is 0 Å². The standard InChI is InChI=1S/C17H16ClNO/c1-12-3-9-16(11-13(12)2)19-17(20)10-6-14-4-7-15(18)8-5-14/h3-11H,1-2H3,(H,19,20). The minimum absolute atomic E-state index is 0.150. The summed E-state index contributed by atoms with van der Waals surface area (Å²) in [7, 11) is 0. The van der Waals surface area contributed by atoms with Crippen LogP contribution in [-0.2, 0) is 4.79 Å². The summed E-state index contributed by atoms with van der Waals surface area (Å²) >= 11 is 5.81. The first kappa shape index (κ1) is 14.4. The highest BCUT2D eigenvalue weighted by molar-refractivity contribution is 6.30. The zero-order valence-electron chi connectivity index (χ0n) is 11.5. The number of rotatable bonds is 3. The number of carbonyl (C=O) groups is 1. The van der Waals surface area contributed by atoms with E-state index in [1.54, 1.807) is 18.2 Å². The number of carbonyl (C=O) groups excluding carboxylic acids is 1. The highest BCUT2D eigenvalue weighted by Crippen LogP contribution is 2.14. The minimum Gasteiger partial charge on any atom is -0.323 e. The number of nitrogens with one attached hydrogen (secondary N) is 1. The zero-order chi connectivity index (χ0) is 14.5. The van der Waals surface area contributed by atoms with E-state index in [1.165, 1.54) is 11.6 Å². The highest BCUT2D eigenvalue weighted by Gasteiger charge is 1.99. The molecule has 0 saturated carbocycles. The number of anilines is 1. The molecule has 0 saturated heterocycles.